The van der Waals surface area contributed by atoms with Crippen LogP contribution in [0.3, 0.4) is 0 Å². The van der Waals surface area contributed by atoms with E-state index in [9.17, 15) is 10.2 Å². The van der Waals surface area contributed by atoms with E-state index in [0.29, 0.717) is 5.92 Å². The van der Waals surface area contributed by atoms with Crippen molar-refractivity contribution >= 4 is 0 Å². The Hall–Kier alpha value is -0.380. The minimum atomic E-state index is -0.448. The molecule has 2 N–H and O–H groups in total. The van der Waals surface area contributed by atoms with Crippen molar-refractivity contribution in [2.45, 2.75) is 117 Å². The molecule has 3 nitrogen and oxygen atoms in total. The predicted molar refractivity (Wildman–Crippen MR) is 127 cm³/mol. The lowest BCUT2D eigenvalue weighted by Crippen LogP contribution is -2.57. The van der Waals surface area contributed by atoms with Crippen molar-refractivity contribution in [3.63, 3.8) is 0 Å². The van der Waals surface area contributed by atoms with Gasteiger partial charge >= 0.3 is 0 Å². The number of hydrogen-bond acceptors (Lipinski definition) is 3. The Labute approximate surface area is 195 Å². The van der Waals surface area contributed by atoms with Gasteiger partial charge < -0.3 is 14.9 Å². The molecule has 1 heterocycles. The molecule has 0 aromatic rings. The Bertz CT molecular complexity index is 832. The van der Waals surface area contributed by atoms with Gasteiger partial charge in [0.1, 0.15) is 17.8 Å². The summed E-state index contributed by atoms with van der Waals surface area (Å²) in [4.78, 5) is 0. The standard InChI is InChI=1S/C29H46O3/c1-15(2)16(3)19-13-20(19)17(4)21-7-8-22-24-23(10-11-27(21,22)5)28(6)12-9-18(30)14-29(28)26(32-29)25(24)31/h15-21,23,25-26,30-31H,7-14H2,1-6H3/t16-,17-,18+,19-,20-,21-,23+,25+,26+,27-,28-,29+/m1/s1. The van der Waals surface area contributed by atoms with E-state index in [0.717, 1.165) is 54.8 Å². The van der Waals surface area contributed by atoms with Crippen LogP contribution in [0.25, 0.3) is 0 Å². The van der Waals surface area contributed by atoms with Gasteiger partial charge in [-0.1, -0.05) is 47.1 Å². The molecule has 0 radical (unpaired) electrons. The summed E-state index contributed by atoms with van der Waals surface area (Å²) in [5, 5.41) is 22.0. The van der Waals surface area contributed by atoms with Gasteiger partial charge in [0.15, 0.2) is 0 Å². The van der Waals surface area contributed by atoms with Crippen LogP contribution in [0.2, 0.25) is 0 Å². The van der Waals surface area contributed by atoms with Crippen molar-refractivity contribution in [1.82, 2.24) is 0 Å². The highest BCUT2D eigenvalue weighted by Crippen LogP contribution is 2.73. The zero-order chi connectivity index (χ0) is 22.8. The van der Waals surface area contributed by atoms with Crippen LogP contribution in [0.5, 0.6) is 0 Å². The number of aliphatic hydroxyl groups excluding tert-OH is 2. The topological polar surface area (TPSA) is 53.0 Å². The Morgan fingerprint density at radius 3 is 2.44 bits per heavy atom. The zero-order valence-corrected chi connectivity index (χ0v) is 21.2. The van der Waals surface area contributed by atoms with Crippen LogP contribution in [0, 0.1) is 52.3 Å². The second-order valence-electron chi connectivity index (χ2n) is 13.8. The van der Waals surface area contributed by atoms with E-state index in [2.05, 4.69) is 41.5 Å². The number of hydrogen-bond donors (Lipinski definition) is 2. The lowest BCUT2D eigenvalue weighted by atomic mass is 9.48. The summed E-state index contributed by atoms with van der Waals surface area (Å²) >= 11 is 0. The third-order valence-corrected chi connectivity index (χ3v) is 12.4. The summed E-state index contributed by atoms with van der Waals surface area (Å²) in [6, 6.07) is 0. The van der Waals surface area contributed by atoms with Gasteiger partial charge in [0.25, 0.3) is 0 Å². The molecule has 12 atom stereocenters. The molecule has 6 aliphatic rings. The summed E-state index contributed by atoms with van der Waals surface area (Å²) < 4.78 is 6.37. The van der Waals surface area contributed by atoms with Crippen LogP contribution >= 0.6 is 0 Å². The van der Waals surface area contributed by atoms with Crippen LogP contribution in [0.4, 0.5) is 0 Å². The minimum Gasteiger partial charge on any atom is -0.393 e. The van der Waals surface area contributed by atoms with Gasteiger partial charge in [-0.3, -0.25) is 0 Å². The Balaban J connectivity index is 1.31. The maximum absolute atomic E-state index is 11.6. The van der Waals surface area contributed by atoms with Gasteiger partial charge in [-0.15, -0.1) is 0 Å². The van der Waals surface area contributed by atoms with E-state index in [-0.39, 0.29) is 28.6 Å². The first-order chi connectivity index (χ1) is 15.0. The van der Waals surface area contributed by atoms with Gasteiger partial charge in [0, 0.05) is 11.8 Å². The molecule has 0 bridgehead atoms. The summed E-state index contributed by atoms with van der Waals surface area (Å²) in [5.41, 5.74) is 3.10. The average molecular weight is 443 g/mol. The normalized spacial score (nSPS) is 55.6. The number of ether oxygens (including phenoxy) is 1. The fourth-order valence-electron chi connectivity index (χ4n) is 10.0. The first kappa shape index (κ1) is 22.1. The van der Waals surface area contributed by atoms with E-state index < -0.39 is 6.10 Å². The predicted octanol–water partition coefficient (Wildman–Crippen LogP) is 5.74. The van der Waals surface area contributed by atoms with Gasteiger partial charge in [-0.05, 0) is 97.4 Å². The average Bonchev–Trinajstić information content (AvgIpc) is 3.64. The molecular formula is C29H46O3. The third kappa shape index (κ3) is 2.65. The minimum absolute atomic E-state index is 0.0811. The highest BCUT2D eigenvalue weighted by Gasteiger charge is 2.77. The molecule has 4 saturated carbocycles. The first-order valence-corrected chi connectivity index (χ1v) is 13.8. The smallest absolute Gasteiger partial charge is 0.118 e. The van der Waals surface area contributed by atoms with Crippen molar-refractivity contribution in [2.24, 2.45) is 52.3 Å². The molecule has 1 saturated heterocycles. The van der Waals surface area contributed by atoms with Gasteiger partial charge in [-0.25, -0.2) is 0 Å². The maximum Gasteiger partial charge on any atom is 0.118 e. The van der Waals surface area contributed by atoms with Crippen molar-refractivity contribution in [3.05, 3.63) is 11.1 Å². The number of fused-ring (bicyclic) bond motifs is 3. The van der Waals surface area contributed by atoms with Crippen molar-refractivity contribution in [3.8, 4) is 0 Å². The highest BCUT2D eigenvalue weighted by molar-refractivity contribution is 5.43. The van der Waals surface area contributed by atoms with Crippen molar-refractivity contribution in [1.29, 1.82) is 0 Å². The molecule has 3 heteroatoms. The maximum atomic E-state index is 11.6. The Kier molecular flexibility index (Phi) is 4.73. The molecule has 32 heavy (non-hydrogen) atoms. The van der Waals surface area contributed by atoms with E-state index in [1.165, 1.54) is 37.7 Å². The van der Waals surface area contributed by atoms with Crippen LogP contribution < -0.4 is 0 Å². The van der Waals surface area contributed by atoms with Crippen molar-refractivity contribution in [2.75, 3.05) is 0 Å². The summed E-state index contributed by atoms with van der Waals surface area (Å²) in [6.45, 7) is 14.8. The summed E-state index contributed by atoms with van der Waals surface area (Å²) in [7, 11) is 0. The van der Waals surface area contributed by atoms with Gasteiger partial charge in [0.2, 0.25) is 0 Å². The lowest BCUT2D eigenvalue weighted by Gasteiger charge is -2.56. The number of rotatable bonds is 4. The molecular weight excluding hydrogens is 396 g/mol. The fraction of sp³-hybridized carbons (Fsp3) is 0.931. The second kappa shape index (κ2) is 6.85. The molecule has 0 aromatic carbocycles. The highest BCUT2D eigenvalue weighted by atomic mass is 16.6. The number of allylic oxidation sites excluding steroid dienone is 1. The van der Waals surface area contributed by atoms with Crippen LogP contribution in [-0.2, 0) is 4.74 Å². The first-order valence-electron chi connectivity index (χ1n) is 13.8. The Morgan fingerprint density at radius 1 is 0.969 bits per heavy atom. The van der Waals surface area contributed by atoms with Crippen molar-refractivity contribution < 1.29 is 14.9 Å². The van der Waals surface area contributed by atoms with Crippen LogP contribution in [0.1, 0.15) is 92.9 Å². The monoisotopic (exact) mass is 442 g/mol. The fourth-order valence-corrected chi connectivity index (χ4v) is 10.0. The van der Waals surface area contributed by atoms with E-state index in [1.807, 2.05) is 0 Å². The molecule has 0 amide bonds. The van der Waals surface area contributed by atoms with Crippen LogP contribution in [-0.4, -0.2) is 34.1 Å². The SMILES string of the molecule is CC(C)[C@@H](C)[C@H]1C[C@@H]1[C@@H](C)[C@H]1CCC2=C3[C@H](O)[C@@H]4O[C@@]45C[C@@H](O)CC[C@]5(C)[C@H]3CC[C@@]21C. The third-order valence-electron chi connectivity index (χ3n) is 12.4. The Morgan fingerprint density at radius 2 is 1.72 bits per heavy atom. The molecule has 0 aromatic heterocycles. The second-order valence-corrected chi connectivity index (χ2v) is 13.8. The molecule has 180 valence electrons. The van der Waals surface area contributed by atoms with E-state index in [1.54, 1.807) is 5.57 Å². The largest absolute Gasteiger partial charge is 0.393 e. The molecule has 5 aliphatic carbocycles. The van der Waals surface area contributed by atoms with Crippen LogP contribution in [0.15, 0.2) is 11.1 Å². The molecule has 1 aliphatic heterocycles. The number of aliphatic hydroxyl groups is 2. The zero-order valence-electron chi connectivity index (χ0n) is 21.2. The summed E-state index contributed by atoms with van der Waals surface area (Å²) in [6.07, 6.45) is 8.23. The van der Waals surface area contributed by atoms with Gasteiger partial charge in [0.05, 0.1) is 6.10 Å². The summed E-state index contributed by atoms with van der Waals surface area (Å²) in [5.74, 6) is 5.45. The van der Waals surface area contributed by atoms with E-state index in [4.69, 9.17) is 4.74 Å². The molecule has 0 unspecified atom stereocenters. The molecule has 1 spiro atoms. The van der Waals surface area contributed by atoms with Gasteiger partial charge in [-0.2, -0.15) is 0 Å². The number of epoxide rings is 1. The van der Waals surface area contributed by atoms with E-state index >= 15 is 0 Å². The quantitative estimate of drug-likeness (QED) is 0.431. The lowest BCUT2D eigenvalue weighted by molar-refractivity contribution is -0.0517. The molecule has 5 fully saturated rings. The molecule has 6 rings (SSSR count).